The number of primary sulfonamides is 1. The molecule has 32 heavy (non-hydrogen) atoms. The smallest absolute Gasteiger partial charge is 0.331 e. The molecule has 4 aromatic rings. The molecule has 2 aromatic heterocycles. The van der Waals surface area contributed by atoms with E-state index in [9.17, 15) is 13.2 Å². The lowest BCUT2D eigenvalue weighted by atomic mass is 10.3. The summed E-state index contributed by atoms with van der Waals surface area (Å²) in [6, 6.07) is 11.8. The van der Waals surface area contributed by atoms with Crippen molar-refractivity contribution in [3.63, 3.8) is 0 Å². The maximum absolute atomic E-state index is 12.2. The van der Waals surface area contributed by atoms with Crippen LogP contribution >= 0.6 is 0 Å². The van der Waals surface area contributed by atoms with Gasteiger partial charge in [0.25, 0.3) is 0 Å². The summed E-state index contributed by atoms with van der Waals surface area (Å²) in [4.78, 5) is 20.9. The van der Waals surface area contributed by atoms with E-state index in [1.165, 1.54) is 24.3 Å². The zero-order chi connectivity index (χ0) is 22.7. The average Bonchev–Trinajstić information content (AvgIpc) is 3.34. The Bertz CT molecular complexity index is 1390. The molecular formula is C22H22N4O5S. The van der Waals surface area contributed by atoms with Gasteiger partial charge >= 0.3 is 5.97 Å². The first kappa shape index (κ1) is 21.7. The van der Waals surface area contributed by atoms with Crippen molar-refractivity contribution in [2.24, 2.45) is 5.14 Å². The van der Waals surface area contributed by atoms with Crippen LogP contribution in [0.1, 0.15) is 31.5 Å². The van der Waals surface area contributed by atoms with Crippen molar-refractivity contribution < 1.29 is 22.4 Å². The SMILES string of the molecule is CCCCn1c(COC(=O)/C=C/c2nc3ccccc3o2)nc2cc(S(N)(=O)=O)ccc21. The number of carbonyl (C=O) groups excluding carboxylic acids is 1. The number of hydrogen-bond donors (Lipinski definition) is 1. The number of imidazole rings is 1. The van der Waals surface area contributed by atoms with Crippen LogP contribution < -0.4 is 5.14 Å². The van der Waals surface area contributed by atoms with E-state index in [1.54, 1.807) is 12.1 Å². The number of ether oxygens (including phenoxy) is 1. The lowest BCUT2D eigenvalue weighted by Crippen LogP contribution is -2.11. The summed E-state index contributed by atoms with van der Waals surface area (Å²) < 4.78 is 36.1. The maximum Gasteiger partial charge on any atom is 0.331 e. The number of oxazole rings is 1. The zero-order valence-corrected chi connectivity index (χ0v) is 18.2. The molecule has 0 saturated heterocycles. The van der Waals surface area contributed by atoms with E-state index in [2.05, 4.69) is 16.9 Å². The highest BCUT2D eigenvalue weighted by atomic mass is 32.2. The molecule has 0 atom stereocenters. The van der Waals surface area contributed by atoms with Crippen molar-refractivity contribution in [2.75, 3.05) is 0 Å². The number of nitrogens with zero attached hydrogens (tertiary/aromatic N) is 3. The number of carbonyl (C=O) groups is 1. The van der Waals surface area contributed by atoms with Crippen molar-refractivity contribution in [3.8, 4) is 0 Å². The van der Waals surface area contributed by atoms with Gasteiger partial charge < -0.3 is 13.7 Å². The maximum atomic E-state index is 12.2. The average molecular weight is 455 g/mol. The Morgan fingerprint density at radius 1 is 1.19 bits per heavy atom. The first-order valence-corrected chi connectivity index (χ1v) is 11.6. The summed E-state index contributed by atoms with van der Waals surface area (Å²) >= 11 is 0. The second-order valence-electron chi connectivity index (χ2n) is 7.19. The summed E-state index contributed by atoms with van der Waals surface area (Å²) in [7, 11) is -3.84. The van der Waals surface area contributed by atoms with E-state index in [0.29, 0.717) is 34.9 Å². The number of sulfonamides is 1. The largest absolute Gasteiger partial charge is 0.454 e. The zero-order valence-electron chi connectivity index (χ0n) is 17.4. The molecule has 2 heterocycles. The molecule has 0 aliphatic carbocycles. The number of aryl methyl sites for hydroxylation is 1. The van der Waals surface area contributed by atoms with Gasteiger partial charge in [-0.25, -0.2) is 28.3 Å². The molecular weight excluding hydrogens is 432 g/mol. The van der Waals surface area contributed by atoms with E-state index in [4.69, 9.17) is 14.3 Å². The first-order chi connectivity index (χ1) is 15.3. The summed E-state index contributed by atoms with van der Waals surface area (Å²) in [5, 5.41) is 5.23. The van der Waals surface area contributed by atoms with E-state index in [1.807, 2.05) is 22.8 Å². The van der Waals surface area contributed by atoms with Gasteiger partial charge in [0, 0.05) is 18.7 Å². The summed E-state index contributed by atoms with van der Waals surface area (Å²) in [5.74, 6) is 0.240. The standard InChI is InChI=1S/C22H22N4O5S/c1-2-3-12-26-18-9-8-15(32(23,28)29)13-17(18)24-20(26)14-30-22(27)11-10-21-25-16-6-4-5-7-19(16)31-21/h4-11,13H,2-3,12,14H2,1H3,(H2,23,28,29)/b11-10+. The molecule has 0 saturated carbocycles. The van der Waals surface area contributed by atoms with Gasteiger partial charge in [-0.05, 0) is 36.8 Å². The Morgan fingerprint density at radius 2 is 2.00 bits per heavy atom. The monoisotopic (exact) mass is 454 g/mol. The highest BCUT2D eigenvalue weighted by Gasteiger charge is 2.15. The van der Waals surface area contributed by atoms with Crippen molar-refractivity contribution >= 4 is 44.2 Å². The Morgan fingerprint density at radius 3 is 2.75 bits per heavy atom. The molecule has 0 unspecified atom stereocenters. The van der Waals surface area contributed by atoms with Crippen molar-refractivity contribution in [1.29, 1.82) is 0 Å². The van der Waals surface area contributed by atoms with Gasteiger partial charge in [0.05, 0.1) is 15.9 Å². The van der Waals surface area contributed by atoms with Gasteiger partial charge in [0.15, 0.2) is 5.58 Å². The number of hydrogen-bond acceptors (Lipinski definition) is 7. The third kappa shape index (κ3) is 4.71. The van der Waals surface area contributed by atoms with Crippen LogP contribution in [0.15, 0.2) is 57.9 Å². The van der Waals surface area contributed by atoms with Crippen LogP contribution in [0.3, 0.4) is 0 Å². The normalized spacial score (nSPS) is 12.2. The second kappa shape index (κ2) is 8.93. The molecule has 2 aromatic carbocycles. The van der Waals surface area contributed by atoms with E-state index >= 15 is 0 Å². The van der Waals surface area contributed by atoms with Crippen LogP contribution in [-0.4, -0.2) is 28.9 Å². The van der Waals surface area contributed by atoms with Gasteiger partial charge in [-0.2, -0.15) is 0 Å². The Labute approximate surface area is 184 Å². The third-order valence-corrected chi connectivity index (χ3v) is 5.79. The number of aromatic nitrogens is 3. The molecule has 0 aliphatic rings. The first-order valence-electron chi connectivity index (χ1n) is 10.1. The van der Waals surface area contributed by atoms with Gasteiger partial charge in [-0.15, -0.1) is 0 Å². The van der Waals surface area contributed by atoms with Crippen LogP contribution in [0.5, 0.6) is 0 Å². The fourth-order valence-electron chi connectivity index (χ4n) is 3.30. The van der Waals surface area contributed by atoms with Gasteiger partial charge in [0.2, 0.25) is 15.9 Å². The molecule has 4 rings (SSSR count). The molecule has 0 fully saturated rings. The number of nitrogens with two attached hydrogens (primary N) is 1. The molecule has 10 heteroatoms. The van der Waals surface area contributed by atoms with E-state index in [-0.39, 0.29) is 11.5 Å². The molecule has 0 aliphatic heterocycles. The van der Waals surface area contributed by atoms with E-state index in [0.717, 1.165) is 18.4 Å². The summed E-state index contributed by atoms with van der Waals surface area (Å²) in [5.41, 5.74) is 2.55. The number of esters is 1. The number of unbranched alkanes of at least 4 members (excludes halogenated alkanes) is 1. The quantitative estimate of drug-likeness (QED) is 0.319. The van der Waals surface area contributed by atoms with Crippen molar-refractivity contribution in [2.45, 2.75) is 37.8 Å². The summed E-state index contributed by atoms with van der Waals surface area (Å²) in [6.07, 6.45) is 4.53. The fraction of sp³-hybridized carbons (Fsp3) is 0.227. The lowest BCUT2D eigenvalue weighted by Gasteiger charge is -2.08. The Hall–Kier alpha value is -3.50. The minimum absolute atomic E-state index is 0.0186. The van der Waals surface area contributed by atoms with Crippen LogP contribution in [0.2, 0.25) is 0 Å². The summed E-state index contributed by atoms with van der Waals surface area (Å²) in [6.45, 7) is 2.65. The van der Waals surface area contributed by atoms with Gasteiger partial charge in [0.1, 0.15) is 17.9 Å². The minimum atomic E-state index is -3.84. The molecule has 9 nitrogen and oxygen atoms in total. The Balaban J connectivity index is 1.52. The second-order valence-corrected chi connectivity index (χ2v) is 8.75. The van der Waals surface area contributed by atoms with Crippen LogP contribution in [0.4, 0.5) is 0 Å². The van der Waals surface area contributed by atoms with Gasteiger partial charge in [-0.1, -0.05) is 25.5 Å². The highest BCUT2D eigenvalue weighted by molar-refractivity contribution is 7.89. The highest BCUT2D eigenvalue weighted by Crippen LogP contribution is 2.21. The van der Waals surface area contributed by atoms with Crippen molar-refractivity contribution in [3.05, 3.63) is 60.3 Å². The topological polar surface area (TPSA) is 130 Å². The molecule has 0 amide bonds. The van der Waals surface area contributed by atoms with Crippen LogP contribution in [0.25, 0.3) is 28.2 Å². The van der Waals surface area contributed by atoms with Crippen LogP contribution in [-0.2, 0) is 32.7 Å². The number of fused-ring (bicyclic) bond motifs is 2. The number of benzene rings is 2. The molecule has 166 valence electrons. The third-order valence-electron chi connectivity index (χ3n) is 4.88. The number of para-hydroxylation sites is 2. The van der Waals surface area contributed by atoms with Gasteiger partial charge in [-0.3, -0.25) is 0 Å². The molecule has 2 N–H and O–H groups in total. The fourth-order valence-corrected chi connectivity index (χ4v) is 3.83. The van der Waals surface area contributed by atoms with Crippen LogP contribution in [0, 0.1) is 0 Å². The molecule has 0 bridgehead atoms. The van der Waals surface area contributed by atoms with E-state index < -0.39 is 16.0 Å². The lowest BCUT2D eigenvalue weighted by molar-refractivity contribution is -0.139. The number of rotatable bonds is 8. The minimum Gasteiger partial charge on any atom is -0.454 e. The predicted molar refractivity (Wildman–Crippen MR) is 119 cm³/mol. The molecule has 0 radical (unpaired) electrons. The Kier molecular flexibility index (Phi) is 6.06. The van der Waals surface area contributed by atoms with Crippen molar-refractivity contribution in [1.82, 2.24) is 14.5 Å². The molecule has 0 spiro atoms. The predicted octanol–water partition coefficient (Wildman–Crippen LogP) is 3.38.